The lowest BCUT2D eigenvalue weighted by atomic mass is 10.1. The van der Waals surface area contributed by atoms with Gasteiger partial charge in [-0.1, -0.05) is 18.2 Å². The third kappa shape index (κ3) is 2.80. The molecule has 4 heteroatoms. The quantitative estimate of drug-likeness (QED) is 0.740. The highest BCUT2D eigenvalue weighted by molar-refractivity contribution is 7.10. The normalized spacial score (nSPS) is 10.5. The highest BCUT2D eigenvalue weighted by Crippen LogP contribution is 2.21. The minimum atomic E-state index is 0.789. The standard InChI is InChI=1S/C15H13N3S/c16-12-6-4-11(5-7-12)9-15-18-14(10-19-15)13-3-1-2-8-17-13/h1-8,10H,9,16H2. The Morgan fingerprint density at radius 3 is 2.58 bits per heavy atom. The van der Waals surface area contributed by atoms with E-state index in [9.17, 15) is 0 Å². The second-order valence-corrected chi connectivity index (χ2v) is 5.20. The summed E-state index contributed by atoms with van der Waals surface area (Å²) in [5.41, 5.74) is 9.55. The van der Waals surface area contributed by atoms with Crippen molar-refractivity contribution >= 4 is 17.0 Å². The van der Waals surface area contributed by atoms with E-state index in [1.807, 2.05) is 42.5 Å². The van der Waals surface area contributed by atoms with Gasteiger partial charge in [0.15, 0.2) is 0 Å². The molecule has 94 valence electrons. The summed E-state index contributed by atoms with van der Waals surface area (Å²) in [5.74, 6) is 0. The number of hydrogen-bond donors (Lipinski definition) is 1. The molecule has 3 nitrogen and oxygen atoms in total. The molecule has 2 heterocycles. The summed E-state index contributed by atoms with van der Waals surface area (Å²) in [7, 11) is 0. The van der Waals surface area contributed by atoms with Gasteiger partial charge in [0.25, 0.3) is 0 Å². The Bertz CT molecular complexity index is 659. The monoisotopic (exact) mass is 267 g/mol. The van der Waals surface area contributed by atoms with Crippen molar-refractivity contribution in [3.05, 3.63) is 64.6 Å². The first-order valence-corrected chi connectivity index (χ1v) is 6.89. The van der Waals surface area contributed by atoms with Crippen LogP contribution in [-0.4, -0.2) is 9.97 Å². The number of anilines is 1. The fourth-order valence-electron chi connectivity index (χ4n) is 1.83. The van der Waals surface area contributed by atoms with Crippen molar-refractivity contribution < 1.29 is 0 Å². The predicted octanol–water partition coefficient (Wildman–Crippen LogP) is 3.38. The topological polar surface area (TPSA) is 51.8 Å². The van der Waals surface area contributed by atoms with Gasteiger partial charge in [-0.15, -0.1) is 11.3 Å². The largest absolute Gasteiger partial charge is 0.399 e. The lowest BCUT2D eigenvalue weighted by molar-refractivity contribution is 1.13. The number of nitrogen functional groups attached to an aromatic ring is 1. The average molecular weight is 267 g/mol. The molecule has 0 aliphatic carbocycles. The van der Waals surface area contributed by atoms with Gasteiger partial charge in [0.1, 0.15) is 0 Å². The van der Waals surface area contributed by atoms with Crippen molar-refractivity contribution in [3.8, 4) is 11.4 Å². The number of thiazole rings is 1. The molecular weight excluding hydrogens is 254 g/mol. The zero-order valence-corrected chi connectivity index (χ0v) is 11.1. The molecule has 0 spiro atoms. The van der Waals surface area contributed by atoms with Crippen LogP contribution in [0.25, 0.3) is 11.4 Å². The fourth-order valence-corrected chi connectivity index (χ4v) is 2.66. The van der Waals surface area contributed by atoms with Crippen LogP contribution in [0.15, 0.2) is 54.0 Å². The Hall–Kier alpha value is -2.20. The molecule has 0 saturated heterocycles. The average Bonchev–Trinajstić information content (AvgIpc) is 2.91. The molecule has 0 atom stereocenters. The number of rotatable bonds is 3. The van der Waals surface area contributed by atoms with Gasteiger partial charge in [-0.2, -0.15) is 0 Å². The van der Waals surface area contributed by atoms with E-state index in [-0.39, 0.29) is 0 Å². The van der Waals surface area contributed by atoms with Gasteiger partial charge >= 0.3 is 0 Å². The Morgan fingerprint density at radius 1 is 1.00 bits per heavy atom. The van der Waals surface area contributed by atoms with Crippen LogP contribution in [-0.2, 0) is 6.42 Å². The van der Waals surface area contributed by atoms with Gasteiger partial charge in [0, 0.05) is 23.7 Å². The first-order valence-electron chi connectivity index (χ1n) is 6.01. The molecule has 0 saturated carbocycles. The van der Waals surface area contributed by atoms with Crippen molar-refractivity contribution in [1.82, 2.24) is 9.97 Å². The van der Waals surface area contributed by atoms with E-state index in [1.165, 1.54) is 5.56 Å². The van der Waals surface area contributed by atoms with Crippen LogP contribution < -0.4 is 5.73 Å². The van der Waals surface area contributed by atoms with Crippen LogP contribution in [0.1, 0.15) is 10.6 Å². The SMILES string of the molecule is Nc1ccc(Cc2nc(-c3ccccn3)cs2)cc1. The van der Waals surface area contributed by atoms with Crippen LogP contribution in [0.4, 0.5) is 5.69 Å². The van der Waals surface area contributed by atoms with E-state index >= 15 is 0 Å². The number of pyridine rings is 1. The Kier molecular flexibility index (Phi) is 3.25. The third-order valence-corrected chi connectivity index (χ3v) is 3.66. The highest BCUT2D eigenvalue weighted by atomic mass is 32.1. The van der Waals surface area contributed by atoms with Crippen LogP contribution in [0.3, 0.4) is 0 Å². The van der Waals surface area contributed by atoms with E-state index in [0.717, 1.165) is 28.5 Å². The minimum Gasteiger partial charge on any atom is -0.399 e. The van der Waals surface area contributed by atoms with E-state index in [1.54, 1.807) is 17.5 Å². The van der Waals surface area contributed by atoms with Crippen molar-refractivity contribution in [2.45, 2.75) is 6.42 Å². The van der Waals surface area contributed by atoms with Gasteiger partial charge in [0.05, 0.1) is 16.4 Å². The summed E-state index contributed by atoms with van der Waals surface area (Å²) >= 11 is 1.66. The summed E-state index contributed by atoms with van der Waals surface area (Å²) in [6.45, 7) is 0. The molecule has 2 aromatic heterocycles. The zero-order valence-electron chi connectivity index (χ0n) is 10.3. The molecule has 0 unspecified atom stereocenters. The molecule has 3 aromatic rings. The van der Waals surface area contributed by atoms with Crippen molar-refractivity contribution in [1.29, 1.82) is 0 Å². The number of aromatic nitrogens is 2. The van der Waals surface area contributed by atoms with Gasteiger partial charge in [-0.25, -0.2) is 4.98 Å². The molecule has 0 aliphatic heterocycles. The van der Waals surface area contributed by atoms with Gasteiger partial charge in [-0.05, 0) is 29.8 Å². The lowest BCUT2D eigenvalue weighted by Gasteiger charge is -1.98. The van der Waals surface area contributed by atoms with Crippen LogP contribution in [0.5, 0.6) is 0 Å². The fraction of sp³-hybridized carbons (Fsp3) is 0.0667. The second-order valence-electron chi connectivity index (χ2n) is 4.26. The molecule has 0 radical (unpaired) electrons. The summed E-state index contributed by atoms with van der Waals surface area (Å²) in [5, 5.41) is 3.14. The van der Waals surface area contributed by atoms with Gasteiger partial charge < -0.3 is 5.73 Å². The maximum atomic E-state index is 5.68. The summed E-state index contributed by atoms with van der Waals surface area (Å²) in [6, 6.07) is 13.8. The third-order valence-electron chi connectivity index (χ3n) is 2.81. The molecule has 0 fully saturated rings. The maximum Gasteiger partial charge on any atom is 0.0998 e. The van der Waals surface area contributed by atoms with E-state index < -0.39 is 0 Å². The van der Waals surface area contributed by atoms with Gasteiger partial charge in [-0.3, -0.25) is 4.98 Å². The first kappa shape index (κ1) is 11.9. The number of hydrogen-bond acceptors (Lipinski definition) is 4. The Labute approximate surface area is 115 Å². The Balaban J connectivity index is 1.80. The zero-order chi connectivity index (χ0) is 13.1. The van der Waals surface area contributed by atoms with Crippen molar-refractivity contribution in [2.75, 3.05) is 5.73 Å². The summed E-state index contributed by atoms with van der Waals surface area (Å²) in [6.07, 6.45) is 2.62. The van der Waals surface area contributed by atoms with Gasteiger partial charge in [0.2, 0.25) is 0 Å². The number of nitrogens with two attached hydrogens (primary N) is 1. The maximum absolute atomic E-state index is 5.68. The summed E-state index contributed by atoms with van der Waals surface area (Å²) < 4.78 is 0. The molecule has 3 rings (SSSR count). The number of nitrogens with zero attached hydrogens (tertiary/aromatic N) is 2. The molecule has 0 aliphatic rings. The highest BCUT2D eigenvalue weighted by Gasteiger charge is 2.05. The van der Waals surface area contributed by atoms with Crippen LogP contribution >= 0.6 is 11.3 Å². The second kappa shape index (κ2) is 5.20. The number of benzene rings is 1. The smallest absolute Gasteiger partial charge is 0.0998 e. The molecule has 1 aromatic carbocycles. The molecule has 0 bridgehead atoms. The molecule has 0 amide bonds. The van der Waals surface area contributed by atoms with E-state index in [4.69, 9.17) is 5.73 Å². The van der Waals surface area contributed by atoms with Crippen LogP contribution in [0, 0.1) is 0 Å². The summed E-state index contributed by atoms with van der Waals surface area (Å²) in [4.78, 5) is 8.93. The predicted molar refractivity (Wildman–Crippen MR) is 79.0 cm³/mol. The first-order chi connectivity index (χ1) is 9.31. The Morgan fingerprint density at radius 2 is 1.84 bits per heavy atom. The van der Waals surface area contributed by atoms with Crippen LogP contribution in [0.2, 0.25) is 0 Å². The molecule has 2 N–H and O–H groups in total. The van der Waals surface area contributed by atoms with Crippen molar-refractivity contribution in [3.63, 3.8) is 0 Å². The molecular formula is C15H13N3S. The lowest BCUT2D eigenvalue weighted by Crippen LogP contribution is -1.90. The van der Waals surface area contributed by atoms with Crippen molar-refractivity contribution in [2.24, 2.45) is 0 Å². The minimum absolute atomic E-state index is 0.789. The van der Waals surface area contributed by atoms with E-state index in [2.05, 4.69) is 15.3 Å². The molecule has 19 heavy (non-hydrogen) atoms. The van der Waals surface area contributed by atoms with E-state index in [0.29, 0.717) is 0 Å².